The lowest BCUT2D eigenvalue weighted by atomic mass is 10.1. The maximum absolute atomic E-state index is 13.1. The molecule has 3 aromatic heterocycles. The highest BCUT2D eigenvalue weighted by atomic mass is 32.2. The van der Waals surface area contributed by atoms with Gasteiger partial charge in [0, 0.05) is 48.8 Å². The van der Waals surface area contributed by atoms with Crippen LogP contribution in [0.1, 0.15) is 41.1 Å². The van der Waals surface area contributed by atoms with E-state index in [1.165, 1.54) is 18.4 Å². The molecule has 2 unspecified atom stereocenters. The summed E-state index contributed by atoms with van der Waals surface area (Å²) < 4.78 is 14.3. The first-order valence-electron chi connectivity index (χ1n) is 11.8. The van der Waals surface area contributed by atoms with Crippen LogP contribution in [0.15, 0.2) is 60.0 Å². The molecule has 0 bridgehead atoms. The van der Waals surface area contributed by atoms with Crippen molar-refractivity contribution < 1.29 is 9.35 Å². The van der Waals surface area contributed by atoms with E-state index in [9.17, 15) is 9.35 Å². The van der Waals surface area contributed by atoms with E-state index in [1.54, 1.807) is 40.4 Å². The molecule has 2 N–H and O–H groups in total. The van der Waals surface area contributed by atoms with Crippen molar-refractivity contribution in [2.45, 2.75) is 36.1 Å². The second kappa shape index (κ2) is 8.75. The molecule has 8 nitrogen and oxygen atoms in total. The van der Waals surface area contributed by atoms with Crippen molar-refractivity contribution in [2.24, 2.45) is 5.73 Å². The number of rotatable bonds is 5. The summed E-state index contributed by atoms with van der Waals surface area (Å²) in [6.45, 7) is 1.21. The standard InChI is InChI=1S/C26H26N6O2S/c1-35(34)24-15-32(23-11-18(4-5-21(23)24)25(33)31-9-7-20(27)14-31)26-29-12-19(13-30-26)22-10-17(6-8-28-22)16-2-3-16/h4-6,8,10-13,15-16,20H,2-3,7,9,14,27H2,1H3. The largest absolute Gasteiger partial charge is 0.612 e. The predicted molar refractivity (Wildman–Crippen MR) is 135 cm³/mol. The number of hydrogen-bond donors (Lipinski definition) is 1. The second-order valence-corrected chi connectivity index (χ2v) is 10.7. The van der Waals surface area contributed by atoms with E-state index >= 15 is 0 Å². The fraction of sp³-hybridized carbons (Fsp3) is 0.308. The van der Waals surface area contributed by atoms with Crippen LogP contribution in [-0.4, -0.2) is 60.3 Å². The van der Waals surface area contributed by atoms with E-state index < -0.39 is 11.2 Å². The van der Waals surface area contributed by atoms with Crippen molar-refractivity contribution in [3.63, 3.8) is 0 Å². The maximum atomic E-state index is 13.1. The van der Waals surface area contributed by atoms with Gasteiger partial charge >= 0.3 is 0 Å². The third kappa shape index (κ3) is 4.20. The monoisotopic (exact) mass is 486 g/mol. The van der Waals surface area contributed by atoms with Crippen molar-refractivity contribution in [1.29, 1.82) is 0 Å². The number of amides is 1. The Labute approximate surface area is 206 Å². The van der Waals surface area contributed by atoms with Gasteiger partial charge in [-0.25, -0.2) is 9.97 Å². The normalized spacial score (nSPS) is 18.8. The summed E-state index contributed by atoms with van der Waals surface area (Å²) in [5.74, 6) is 1.04. The van der Waals surface area contributed by atoms with E-state index in [1.807, 2.05) is 18.3 Å². The van der Waals surface area contributed by atoms with Gasteiger partial charge in [0.05, 0.1) is 22.8 Å². The summed E-state index contributed by atoms with van der Waals surface area (Å²) in [6.07, 6.45) is 12.1. The molecule has 1 amide bonds. The molecule has 178 valence electrons. The molecule has 1 saturated carbocycles. The smallest absolute Gasteiger partial charge is 0.253 e. The Morgan fingerprint density at radius 1 is 1.11 bits per heavy atom. The Morgan fingerprint density at radius 3 is 2.60 bits per heavy atom. The molecule has 4 heterocycles. The molecule has 1 aliphatic carbocycles. The molecule has 4 aromatic rings. The first-order valence-corrected chi connectivity index (χ1v) is 13.4. The van der Waals surface area contributed by atoms with Crippen LogP contribution >= 0.6 is 0 Å². The zero-order valence-corrected chi connectivity index (χ0v) is 20.2. The van der Waals surface area contributed by atoms with Gasteiger partial charge in [-0.2, -0.15) is 0 Å². The van der Waals surface area contributed by atoms with Gasteiger partial charge in [0.2, 0.25) is 5.95 Å². The zero-order chi connectivity index (χ0) is 24.1. The van der Waals surface area contributed by atoms with Gasteiger partial charge in [0.25, 0.3) is 5.91 Å². The molecule has 0 spiro atoms. The molecular formula is C26H26N6O2S. The fourth-order valence-electron chi connectivity index (χ4n) is 4.73. The first-order chi connectivity index (χ1) is 17.0. The van der Waals surface area contributed by atoms with Gasteiger partial charge in [0.1, 0.15) is 6.26 Å². The van der Waals surface area contributed by atoms with Gasteiger partial charge in [-0.05, 0) is 72.3 Å². The average molecular weight is 487 g/mol. The molecule has 0 radical (unpaired) electrons. The zero-order valence-electron chi connectivity index (χ0n) is 19.4. The van der Waals surface area contributed by atoms with Crippen molar-refractivity contribution in [3.8, 4) is 17.2 Å². The van der Waals surface area contributed by atoms with Crippen LogP contribution in [0.2, 0.25) is 0 Å². The number of fused-ring (bicyclic) bond motifs is 1. The Bertz CT molecular complexity index is 1410. The molecule has 2 atom stereocenters. The molecular weight excluding hydrogens is 460 g/mol. The maximum Gasteiger partial charge on any atom is 0.253 e. The highest BCUT2D eigenvalue weighted by Gasteiger charge is 2.26. The molecule has 1 aromatic carbocycles. The topological polar surface area (TPSA) is 113 Å². The second-order valence-electron chi connectivity index (χ2n) is 9.37. The highest BCUT2D eigenvalue weighted by Crippen LogP contribution is 2.40. The van der Waals surface area contributed by atoms with E-state index in [0.29, 0.717) is 35.4 Å². The third-order valence-corrected chi connectivity index (χ3v) is 7.76. The number of carbonyl (C=O) groups is 1. The molecule has 9 heteroatoms. The van der Waals surface area contributed by atoms with E-state index in [4.69, 9.17) is 5.73 Å². The van der Waals surface area contributed by atoms with Crippen molar-refractivity contribution >= 4 is 28.0 Å². The Morgan fingerprint density at radius 2 is 1.91 bits per heavy atom. The molecule has 2 aliphatic rings. The molecule has 1 saturated heterocycles. The number of nitrogens with two attached hydrogens (primary N) is 1. The van der Waals surface area contributed by atoms with E-state index in [0.717, 1.165) is 28.6 Å². The van der Waals surface area contributed by atoms with Gasteiger partial charge in [-0.3, -0.25) is 14.3 Å². The van der Waals surface area contributed by atoms with Crippen molar-refractivity contribution in [3.05, 3.63) is 66.2 Å². The van der Waals surface area contributed by atoms with Crippen LogP contribution in [0, 0.1) is 0 Å². The summed E-state index contributed by atoms with van der Waals surface area (Å²) in [4.78, 5) is 29.2. The number of aromatic nitrogens is 4. The quantitative estimate of drug-likeness (QED) is 0.433. The SMILES string of the molecule is C[S+]([O-])c1cn(-c2ncc(-c3cc(C4CC4)ccn3)cn2)c2cc(C(=O)N3CCC(N)C3)ccc12. The lowest BCUT2D eigenvalue weighted by Gasteiger charge is -2.16. The molecule has 1 aliphatic heterocycles. The lowest BCUT2D eigenvalue weighted by molar-refractivity contribution is 0.0791. The van der Waals surface area contributed by atoms with E-state index in [2.05, 4.69) is 27.1 Å². The summed E-state index contributed by atoms with van der Waals surface area (Å²) in [6, 6.07) is 9.68. The van der Waals surface area contributed by atoms with Crippen LogP contribution in [-0.2, 0) is 11.2 Å². The predicted octanol–water partition coefficient (Wildman–Crippen LogP) is 3.27. The van der Waals surface area contributed by atoms with Gasteiger partial charge in [0.15, 0.2) is 4.90 Å². The summed E-state index contributed by atoms with van der Waals surface area (Å²) in [5.41, 5.74) is 10.3. The fourth-order valence-corrected chi connectivity index (χ4v) is 5.47. The van der Waals surface area contributed by atoms with Gasteiger partial charge in [-0.15, -0.1) is 0 Å². The number of hydrogen-bond acceptors (Lipinski definition) is 6. The van der Waals surface area contributed by atoms with Crippen LogP contribution in [0.5, 0.6) is 0 Å². The summed E-state index contributed by atoms with van der Waals surface area (Å²) in [7, 11) is 0. The number of nitrogens with zero attached hydrogens (tertiary/aromatic N) is 5. The third-order valence-electron chi connectivity index (χ3n) is 6.82. The first kappa shape index (κ1) is 22.2. The minimum Gasteiger partial charge on any atom is -0.612 e. The van der Waals surface area contributed by atoms with Crippen LogP contribution in [0.25, 0.3) is 28.1 Å². The Kier molecular flexibility index (Phi) is 5.55. The molecule has 2 fully saturated rings. The Balaban J connectivity index is 1.37. The molecule has 6 rings (SSSR count). The van der Waals surface area contributed by atoms with Crippen molar-refractivity contribution in [1.82, 2.24) is 24.4 Å². The number of benzene rings is 1. The number of pyridine rings is 1. The van der Waals surface area contributed by atoms with Crippen molar-refractivity contribution in [2.75, 3.05) is 19.3 Å². The minimum absolute atomic E-state index is 0.0204. The number of likely N-dealkylation sites (tertiary alicyclic amines) is 1. The summed E-state index contributed by atoms with van der Waals surface area (Å²) >= 11 is -1.21. The van der Waals surface area contributed by atoms with Gasteiger partial charge in [-0.1, -0.05) is 0 Å². The van der Waals surface area contributed by atoms with E-state index in [-0.39, 0.29) is 11.9 Å². The van der Waals surface area contributed by atoms with Crippen LogP contribution in [0.4, 0.5) is 0 Å². The van der Waals surface area contributed by atoms with Gasteiger partial charge < -0.3 is 15.2 Å². The highest BCUT2D eigenvalue weighted by molar-refractivity contribution is 7.91. The Hall–Kier alpha value is -3.27. The average Bonchev–Trinajstić information content (AvgIpc) is 3.53. The summed E-state index contributed by atoms with van der Waals surface area (Å²) in [5, 5.41) is 0.812. The number of carbonyl (C=O) groups excluding carboxylic acids is 1. The van der Waals surface area contributed by atoms with Crippen LogP contribution < -0.4 is 5.73 Å². The lowest BCUT2D eigenvalue weighted by Crippen LogP contribution is -2.31. The van der Waals surface area contributed by atoms with Crippen LogP contribution in [0.3, 0.4) is 0 Å². The minimum atomic E-state index is -1.21. The molecule has 35 heavy (non-hydrogen) atoms.